The summed E-state index contributed by atoms with van der Waals surface area (Å²) in [7, 11) is 10.0. The van der Waals surface area contributed by atoms with E-state index >= 15 is 0 Å². The van der Waals surface area contributed by atoms with Crippen LogP contribution in [0, 0.1) is 21.1 Å². The molecule has 0 saturated carbocycles. The molecule has 5 heavy (non-hydrogen) atoms. The molecule has 0 aromatic heterocycles. The van der Waals surface area contributed by atoms with Crippen LogP contribution < -0.4 is 4.90 Å². The van der Waals surface area contributed by atoms with E-state index in [1.165, 1.54) is 0 Å². The normalized spacial score (nSPS) is 7.20. The summed E-state index contributed by atoms with van der Waals surface area (Å²) in [5.41, 5.74) is 0. The van der Waals surface area contributed by atoms with Crippen LogP contribution in [0.25, 0.3) is 0 Å². The summed E-state index contributed by atoms with van der Waals surface area (Å²) < 4.78 is 0. The second kappa shape index (κ2) is 4.65. The molecule has 0 heterocycles. The third-order valence-electron chi connectivity index (χ3n) is 0. The Bertz CT molecular complexity index is 11.6. The van der Waals surface area contributed by atoms with Crippen LogP contribution in [0.3, 0.4) is 0 Å². The Hall–Kier alpha value is 0.648. The Morgan fingerprint density at radius 2 is 1.00 bits per heavy atom. The van der Waals surface area contributed by atoms with Gasteiger partial charge in [0.1, 0.15) is 0 Å². The molecule has 0 aliphatic heterocycles. The van der Waals surface area contributed by atoms with Gasteiger partial charge in [0.2, 0.25) is 0 Å². The molecule has 0 unspecified atom stereocenters. The van der Waals surface area contributed by atoms with Gasteiger partial charge in [-0.2, -0.15) is 0 Å². The number of hydrogen-bond acceptors (Lipinski definition) is 0. The van der Waals surface area contributed by atoms with Crippen LogP contribution in [0.4, 0.5) is 0 Å². The van der Waals surface area contributed by atoms with E-state index in [4.69, 9.17) is 0 Å². The first-order valence-corrected chi connectivity index (χ1v) is 1.06. The first kappa shape index (κ1) is 9.17. The van der Waals surface area contributed by atoms with Crippen molar-refractivity contribution in [1.82, 2.24) is 0 Å². The van der Waals surface area contributed by atoms with E-state index in [2.05, 4.69) is 21.1 Å². The molecule has 0 fully saturated rings. The maximum Gasteiger partial charge on any atom is 2.00 e. The van der Waals surface area contributed by atoms with Crippen LogP contribution >= 0.6 is 0 Å². The van der Waals surface area contributed by atoms with Crippen molar-refractivity contribution >= 4 is 0 Å². The average molecular weight is 241 g/mol. The zero-order chi connectivity index (χ0) is 3.58. The van der Waals surface area contributed by atoms with Crippen molar-refractivity contribution in [1.29, 1.82) is 0 Å². The molecule has 1 nitrogen and oxygen atoms in total. The van der Waals surface area contributed by atoms with Gasteiger partial charge < -0.3 is 4.90 Å². The molecule has 0 saturated heterocycles. The Labute approximate surface area is 47.6 Å². The largest absolute Gasteiger partial charge is 2.00 e. The van der Waals surface area contributed by atoms with Gasteiger partial charge in [0.05, 0.1) is 0 Å². The molecule has 0 atom stereocenters. The predicted molar refractivity (Wildman–Crippen MR) is 17.0 cm³/mol. The number of quaternary nitrogens is 1. The molecular weight excluding hydrogens is 234 g/mol. The quantitative estimate of drug-likeness (QED) is 0.532. The fourth-order valence-electron chi connectivity index (χ4n) is 0. The monoisotopic (exact) mass is 241 g/mol. The molecule has 2 heteroatoms. The minimum Gasteiger partial charge on any atom is -0.748 e. The second-order valence-electron chi connectivity index (χ2n) is 0.750. The van der Waals surface area contributed by atoms with Gasteiger partial charge in [0.25, 0.3) is 0 Å². The third-order valence-corrected chi connectivity index (χ3v) is 0. The van der Waals surface area contributed by atoms with Crippen molar-refractivity contribution < 1.29 is 26.0 Å². The van der Waals surface area contributed by atoms with Gasteiger partial charge in [-0.25, -0.2) is 21.1 Å². The van der Waals surface area contributed by atoms with E-state index < -0.39 is 0 Å². The van der Waals surface area contributed by atoms with E-state index in [9.17, 15) is 0 Å². The fourth-order valence-corrected chi connectivity index (χ4v) is 0. The molecule has 0 aliphatic rings. The van der Waals surface area contributed by atoms with Crippen LogP contribution in [0.2, 0.25) is 0 Å². The molecule has 0 radical (unpaired) electrons. The Balaban J connectivity index is 0. The molecule has 0 bridgehead atoms. The number of rotatable bonds is 0. The van der Waals surface area contributed by atoms with E-state index in [1.54, 1.807) is 0 Å². The molecule has 30 valence electrons. The Morgan fingerprint density at radius 3 is 1.00 bits per heavy atom. The zero-order valence-electron chi connectivity index (χ0n) is 3.03. The van der Waals surface area contributed by atoms with Crippen molar-refractivity contribution in [2.45, 2.75) is 0 Å². The van der Waals surface area contributed by atoms with Gasteiger partial charge >= 0.3 is 21.1 Å². The van der Waals surface area contributed by atoms with Crippen LogP contribution in [0.15, 0.2) is 0 Å². The first-order chi connectivity index (χ1) is 1.73. The summed E-state index contributed by atoms with van der Waals surface area (Å²) in [5.74, 6) is 0. The van der Waals surface area contributed by atoms with Gasteiger partial charge in [-0.15, -0.1) is 0 Å². The smallest absolute Gasteiger partial charge is 0.748 e. The van der Waals surface area contributed by atoms with Crippen molar-refractivity contribution in [3.8, 4) is 0 Å². The second-order valence-corrected chi connectivity index (χ2v) is 0.750. The molecular formula is C3H7NW. The number of nitrogens with one attached hydrogen (secondary N) is 1. The van der Waals surface area contributed by atoms with E-state index in [0.29, 0.717) is 4.90 Å². The van der Waals surface area contributed by atoms with Crippen LogP contribution in [-0.2, 0) is 21.1 Å². The molecule has 0 aromatic carbocycles. The van der Waals surface area contributed by atoms with Gasteiger partial charge in [0.15, 0.2) is 0 Å². The maximum absolute atomic E-state index is 3.33. The summed E-state index contributed by atoms with van der Waals surface area (Å²) in [6.45, 7) is 0. The van der Waals surface area contributed by atoms with Crippen LogP contribution in [0.5, 0.6) is 0 Å². The summed E-state index contributed by atoms with van der Waals surface area (Å²) in [5, 5.41) is 0. The first-order valence-electron chi connectivity index (χ1n) is 1.06. The van der Waals surface area contributed by atoms with E-state index in [1.807, 2.05) is 0 Å². The van der Waals surface area contributed by atoms with Crippen molar-refractivity contribution in [3.05, 3.63) is 21.1 Å². The minimum absolute atomic E-state index is 0. The van der Waals surface area contributed by atoms with E-state index in [0.717, 1.165) is 0 Å². The summed E-state index contributed by atoms with van der Waals surface area (Å²) in [6, 6.07) is 0. The van der Waals surface area contributed by atoms with Gasteiger partial charge in [-0.05, 0) is 0 Å². The van der Waals surface area contributed by atoms with Crippen molar-refractivity contribution in [2.75, 3.05) is 0 Å². The molecule has 0 rings (SSSR count). The van der Waals surface area contributed by atoms with Crippen molar-refractivity contribution in [3.63, 3.8) is 0 Å². The van der Waals surface area contributed by atoms with Crippen LogP contribution in [-0.4, -0.2) is 0 Å². The minimum atomic E-state index is 0. The van der Waals surface area contributed by atoms with Gasteiger partial charge in [0, 0.05) is 0 Å². The molecule has 0 amide bonds. The zero-order valence-corrected chi connectivity index (χ0v) is 5.96. The van der Waals surface area contributed by atoms with Gasteiger partial charge in [-0.3, -0.25) is 0 Å². The number of hydrogen-bond donors (Lipinski definition) is 1. The summed E-state index contributed by atoms with van der Waals surface area (Å²) >= 11 is 0. The van der Waals surface area contributed by atoms with Crippen molar-refractivity contribution in [2.24, 2.45) is 0 Å². The predicted octanol–water partition coefficient (Wildman–Crippen LogP) is -0.756. The molecule has 0 aliphatic carbocycles. The summed E-state index contributed by atoms with van der Waals surface area (Å²) in [6.07, 6.45) is 0. The third kappa shape index (κ3) is 77.6. The Morgan fingerprint density at radius 1 is 1.00 bits per heavy atom. The topological polar surface area (TPSA) is 4.44 Å². The summed E-state index contributed by atoms with van der Waals surface area (Å²) in [4.78, 5) is 0.667. The molecule has 1 N–H and O–H groups in total. The van der Waals surface area contributed by atoms with Crippen LogP contribution in [0.1, 0.15) is 0 Å². The molecule has 0 aromatic rings. The average Bonchev–Trinajstić information content (AvgIpc) is 0.811. The fraction of sp³-hybridized carbons (Fsp3) is 0. The molecule has 0 spiro atoms. The SMILES string of the molecule is [CH2-][NH+]([CH2-])[CH2-].[W+2]. The Kier molecular flexibility index (Phi) is 8.52. The van der Waals surface area contributed by atoms with E-state index in [-0.39, 0.29) is 21.1 Å². The maximum atomic E-state index is 3.33. The van der Waals surface area contributed by atoms with Gasteiger partial charge in [-0.1, -0.05) is 0 Å². The standard InChI is InChI=1S/C3H7N.W/c1-4(2)3;/h4H,1-3H2;/q-2;+2.